The van der Waals surface area contributed by atoms with Gasteiger partial charge in [0.2, 0.25) is 0 Å². The molecule has 2 rings (SSSR count). The molecule has 22 heavy (non-hydrogen) atoms. The van der Waals surface area contributed by atoms with Gasteiger partial charge in [0.1, 0.15) is 11.4 Å². The summed E-state index contributed by atoms with van der Waals surface area (Å²) < 4.78 is 44.1. The number of nitrogens with zero attached hydrogens (tertiary/aromatic N) is 1. The van der Waals surface area contributed by atoms with E-state index in [1.54, 1.807) is 19.1 Å². The first kappa shape index (κ1) is 15.9. The summed E-state index contributed by atoms with van der Waals surface area (Å²) in [4.78, 5) is 4.19. The molecule has 0 aliphatic rings. The minimum absolute atomic E-state index is 0.168. The Morgan fingerprint density at radius 1 is 1.14 bits per heavy atom. The maximum Gasteiger partial charge on any atom is 0.420 e. The third kappa shape index (κ3) is 4.01. The highest BCUT2D eigenvalue weighted by Gasteiger charge is 2.34. The second-order valence-electron chi connectivity index (χ2n) is 4.56. The molecule has 0 unspecified atom stereocenters. The summed E-state index contributed by atoms with van der Waals surface area (Å²) in [7, 11) is 0. The van der Waals surface area contributed by atoms with Crippen molar-refractivity contribution in [1.29, 1.82) is 0 Å². The van der Waals surface area contributed by atoms with Gasteiger partial charge in [0, 0.05) is 11.3 Å². The lowest BCUT2D eigenvalue weighted by Gasteiger charge is -2.13. The SMILES string of the molecule is CCOc1ccc(C#Cc2cccc(C)n2)cc1C(F)(F)F. The number of rotatable bonds is 2. The van der Waals surface area contributed by atoms with Gasteiger partial charge in [-0.2, -0.15) is 13.2 Å². The Hall–Kier alpha value is -2.48. The summed E-state index contributed by atoms with van der Waals surface area (Å²) >= 11 is 0. The van der Waals surface area contributed by atoms with Crippen LogP contribution in [-0.4, -0.2) is 11.6 Å². The maximum absolute atomic E-state index is 13.0. The summed E-state index contributed by atoms with van der Waals surface area (Å²) in [5.41, 5.74) is 0.759. The lowest BCUT2D eigenvalue weighted by atomic mass is 10.1. The third-order valence-corrected chi connectivity index (χ3v) is 2.81. The van der Waals surface area contributed by atoms with E-state index < -0.39 is 11.7 Å². The number of halogens is 3. The first-order valence-electron chi connectivity index (χ1n) is 6.70. The van der Waals surface area contributed by atoms with E-state index in [2.05, 4.69) is 16.8 Å². The molecule has 2 nitrogen and oxygen atoms in total. The van der Waals surface area contributed by atoms with Crippen LogP contribution in [0.2, 0.25) is 0 Å². The van der Waals surface area contributed by atoms with Gasteiger partial charge in [-0.25, -0.2) is 4.98 Å². The normalized spacial score (nSPS) is 10.8. The maximum atomic E-state index is 13.0. The molecular weight excluding hydrogens is 291 g/mol. The van der Waals surface area contributed by atoms with Crippen LogP contribution < -0.4 is 4.74 Å². The minimum Gasteiger partial charge on any atom is -0.493 e. The van der Waals surface area contributed by atoms with Crippen LogP contribution >= 0.6 is 0 Å². The monoisotopic (exact) mass is 305 g/mol. The van der Waals surface area contributed by atoms with Crippen molar-refractivity contribution in [1.82, 2.24) is 4.98 Å². The van der Waals surface area contributed by atoms with Crippen LogP contribution in [-0.2, 0) is 6.18 Å². The van der Waals surface area contributed by atoms with Crippen LogP contribution in [0.4, 0.5) is 13.2 Å². The lowest BCUT2D eigenvalue weighted by Crippen LogP contribution is -2.09. The second kappa shape index (κ2) is 6.52. The highest BCUT2D eigenvalue weighted by atomic mass is 19.4. The van der Waals surface area contributed by atoms with Crippen LogP contribution in [0.25, 0.3) is 0 Å². The zero-order chi connectivity index (χ0) is 16.2. The van der Waals surface area contributed by atoms with Gasteiger partial charge in [0.05, 0.1) is 12.2 Å². The molecule has 0 bridgehead atoms. The summed E-state index contributed by atoms with van der Waals surface area (Å²) in [6.45, 7) is 3.63. The molecule has 2 aromatic rings. The molecule has 0 N–H and O–H groups in total. The third-order valence-electron chi connectivity index (χ3n) is 2.81. The number of pyridine rings is 1. The zero-order valence-corrected chi connectivity index (χ0v) is 12.2. The van der Waals surface area contributed by atoms with Gasteiger partial charge in [-0.1, -0.05) is 12.0 Å². The Balaban J connectivity index is 2.38. The van der Waals surface area contributed by atoms with E-state index in [-0.39, 0.29) is 17.9 Å². The fourth-order valence-electron chi connectivity index (χ4n) is 1.86. The summed E-state index contributed by atoms with van der Waals surface area (Å²) in [6.07, 6.45) is -4.48. The molecule has 0 saturated heterocycles. The number of benzene rings is 1. The molecule has 0 saturated carbocycles. The van der Waals surface area contributed by atoms with Gasteiger partial charge < -0.3 is 4.74 Å². The Morgan fingerprint density at radius 2 is 1.91 bits per heavy atom. The Bertz CT molecular complexity index is 727. The average molecular weight is 305 g/mol. The van der Waals surface area contributed by atoms with Crippen LogP contribution in [0.1, 0.15) is 29.4 Å². The first-order valence-corrected chi connectivity index (χ1v) is 6.70. The predicted molar refractivity (Wildman–Crippen MR) is 77.6 cm³/mol. The molecule has 1 heterocycles. The molecule has 0 radical (unpaired) electrons. The van der Waals surface area contributed by atoms with Crippen molar-refractivity contribution in [2.75, 3.05) is 6.61 Å². The van der Waals surface area contributed by atoms with Gasteiger partial charge in [0.15, 0.2) is 0 Å². The number of hydrogen-bond donors (Lipinski definition) is 0. The Morgan fingerprint density at radius 3 is 2.55 bits per heavy atom. The Labute approximate surface area is 127 Å². The van der Waals surface area contributed by atoms with E-state index in [1.165, 1.54) is 12.1 Å². The summed E-state index contributed by atoms with van der Waals surface area (Å²) in [6, 6.07) is 9.12. The molecule has 5 heteroatoms. The first-order chi connectivity index (χ1) is 10.4. The zero-order valence-electron chi connectivity index (χ0n) is 12.2. The molecule has 114 valence electrons. The van der Waals surface area contributed by atoms with Crippen molar-refractivity contribution >= 4 is 0 Å². The quantitative estimate of drug-likeness (QED) is 0.776. The molecule has 1 aromatic heterocycles. The van der Waals surface area contributed by atoms with Crippen molar-refractivity contribution in [2.24, 2.45) is 0 Å². The molecular formula is C17H14F3NO. The van der Waals surface area contributed by atoms with E-state index in [1.807, 2.05) is 13.0 Å². The van der Waals surface area contributed by atoms with E-state index in [0.29, 0.717) is 5.69 Å². The van der Waals surface area contributed by atoms with Crippen LogP contribution in [0.5, 0.6) is 5.75 Å². The van der Waals surface area contributed by atoms with E-state index in [0.717, 1.165) is 11.8 Å². The van der Waals surface area contributed by atoms with Crippen molar-refractivity contribution in [3.8, 4) is 17.6 Å². The molecule has 0 atom stereocenters. The van der Waals surface area contributed by atoms with Crippen LogP contribution in [0.3, 0.4) is 0 Å². The van der Waals surface area contributed by atoms with Crippen molar-refractivity contribution in [3.05, 3.63) is 58.9 Å². The smallest absolute Gasteiger partial charge is 0.420 e. The number of aryl methyl sites for hydroxylation is 1. The predicted octanol–water partition coefficient (Wildman–Crippen LogP) is 4.21. The second-order valence-corrected chi connectivity index (χ2v) is 4.56. The van der Waals surface area contributed by atoms with Crippen molar-refractivity contribution in [3.63, 3.8) is 0 Å². The number of aromatic nitrogens is 1. The van der Waals surface area contributed by atoms with Gasteiger partial charge in [-0.3, -0.25) is 0 Å². The summed E-state index contributed by atoms with van der Waals surface area (Å²) in [5, 5.41) is 0. The molecule has 0 amide bonds. The molecule has 0 aliphatic heterocycles. The van der Waals surface area contributed by atoms with E-state index in [4.69, 9.17) is 4.74 Å². The highest BCUT2D eigenvalue weighted by Crippen LogP contribution is 2.36. The Kier molecular flexibility index (Phi) is 4.71. The molecule has 1 aromatic carbocycles. The standard InChI is InChI=1S/C17H14F3NO/c1-3-22-16-10-8-13(11-15(16)17(18,19)20)7-9-14-6-4-5-12(2)21-14/h4-6,8,10-11H,3H2,1-2H3. The average Bonchev–Trinajstić information content (AvgIpc) is 2.45. The molecule has 0 spiro atoms. The van der Waals surface area contributed by atoms with Gasteiger partial charge in [0.25, 0.3) is 0 Å². The molecule has 0 fully saturated rings. The lowest BCUT2D eigenvalue weighted by molar-refractivity contribution is -0.138. The van der Waals surface area contributed by atoms with Crippen LogP contribution in [0.15, 0.2) is 36.4 Å². The van der Waals surface area contributed by atoms with Crippen molar-refractivity contribution in [2.45, 2.75) is 20.0 Å². The largest absolute Gasteiger partial charge is 0.493 e. The topological polar surface area (TPSA) is 22.1 Å². The van der Waals surface area contributed by atoms with Gasteiger partial charge in [-0.05, 0) is 50.1 Å². The number of alkyl halides is 3. The van der Waals surface area contributed by atoms with E-state index in [9.17, 15) is 13.2 Å². The summed E-state index contributed by atoms with van der Waals surface area (Å²) in [5.74, 6) is 5.28. The highest BCUT2D eigenvalue weighted by molar-refractivity contribution is 5.47. The van der Waals surface area contributed by atoms with Gasteiger partial charge >= 0.3 is 6.18 Å². The van der Waals surface area contributed by atoms with E-state index >= 15 is 0 Å². The van der Waals surface area contributed by atoms with Crippen LogP contribution in [0, 0.1) is 18.8 Å². The van der Waals surface area contributed by atoms with Gasteiger partial charge in [-0.15, -0.1) is 0 Å². The minimum atomic E-state index is -4.48. The number of ether oxygens (including phenoxy) is 1. The number of hydrogen-bond acceptors (Lipinski definition) is 2. The van der Waals surface area contributed by atoms with Crippen molar-refractivity contribution < 1.29 is 17.9 Å². The fourth-order valence-corrected chi connectivity index (χ4v) is 1.86. The fraction of sp³-hybridized carbons (Fsp3) is 0.235. The molecule has 0 aliphatic carbocycles.